The zero-order valence-corrected chi connectivity index (χ0v) is 12.8. The monoisotopic (exact) mass is 336 g/mol. The minimum atomic E-state index is -0.208. The molecule has 5 heteroatoms. The zero-order chi connectivity index (χ0) is 12.4. The Balaban J connectivity index is 0.00000162. The maximum atomic E-state index is 13.0. The van der Waals surface area contributed by atoms with E-state index in [1.165, 1.54) is 25.0 Å². The van der Waals surface area contributed by atoms with Crippen molar-refractivity contribution in [2.75, 3.05) is 13.6 Å². The normalized spacial score (nSPS) is 16.5. The highest BCUT2D eigenvalue weighted by Crippen LogP contribution is 2.35. The van der Waals surface area contributed by atoms with E-state index in [2.05, 4.69) is 27.9 Å². The number of halogens is 3. The van der Waals surface area contributed by atoms with Crippen molar-refractivity contribution in [3.05, 3.63) is 34.1 Å². The zero-order valence-electron chi connectivity index (χ0n) is 10.4. The van der Waals surface area contributed by atoms with E-state index >= 15 is 0 Å². The molecule has 2 rings (SSSR count). The Hall–Kier alpha value is -0.160. The lowest BCUT2D eigenvalue weighted by Crippen LogP contribution is -2.39. The molecule has 18 heavy (non-hydrogen) atoms. The van der Waals surface area contributed by atoms with Crippen LogP contribution in [-0.4, -0.2) is 24.5 Å². The molecule has 0 aromatic heterocycles. The van der Waals surface area contributed by atoms with Crippen molar-refractivity contribution in [1.29, 1.82) is 0 Å². The lowest BCUT2D eigenvalue weighted by Gasteiger charge is -2.27. The van der Waals surface area contributed by atoms with Gasteiger partial charge in [0.1, 0.15) is 5.82 Å². The lowest BCUT2D eigenvalue weighted by molar-refractivity contribution is 0.215. The first kappa shape index (κ1) is 15.9. The fraction of sp³-hybridized carbons (Fsp3) is 0.538. The van der Waals surface area contributed by atoms with E-state index in [9.17, 15) is 4.39 Å². The number of hydrogen-bond acceptors (Lipinski definition) is 2. The van der Waals surface area contributed by atoms with Crippen LogP contribution in [0.3, 0.4) is 0 Å². The third kappa shape index (κ3) is 3.92. The smallest absolute Gasteiger partial charge is 0.124 e. The van der Waals surface area contributed by atoms with Gasteiger partial charge >= 0.3 is 0 Å². The van der Waals surface area contributed by atoms with Crippen LogP contribution in [0.25, 0.3) is 0 Å². The molecule has 1 atom stereocenters. The van der Waals surface area contributed by atoms with E-state index < -0.39 is 0 Å². The molecule has 1 aromatic carbocycles. The van der Waals surface area contributed by atoms with Gasteiger partial charge in [0.15, 0.2) is 0 Å². The molecule has 0 saturated heterocycles. The molecule has 2 N–H and O–H groups in total. The van der Waals surface area contributed by atoms with Crippen LogP contribution in [-0.2, 0) is 6.54 Å². The molecule has 1 unspecified atom stereocenters. The van der Waals surface area contributed by atoms with Crippen LogP contribution in [0, 0.1) is 11.7 Å². The van der Waals surface area contributed by atoms with Gasteiger partial charge in [-0.25, -0.2) is 4.39 Å². The molecule has 0 radical (unpaired) electrons. The summed E-state index contributed by atoms with van der Waals surface area (Å²) >= 11 is 3.40. The van der Waals surface area contributed by atoms with Crippen molar-refractivity contribution in [2.45, 2.75) is 25.4 Å². The van der Waals surface area contributed by atoms with Gasteiger partial charge < -0.3 is 5.73 Å². The molecule has 102 valence electrons. The molecule has 1 saturated carbocycles. The van der Waals surface area contributed by atoms with Crippen LogP contribution in [0.4, 0.5) is 4.39 Å². The van der Waals surface area contributed by atoms with Crippen LogP contribution >= 0.6 is 28.3 Å². The molecule has 1 fully saturated rings. The van der Waals surface area contributed by atoms with E-state index in [4.69, 9.17) is 5.73 Å². The minimum absolute atomic E-state index is 0. The third-order valence-corrected chi connectivity index (χ3v) is 4.15. The molecule has 0 amide bonds. The number of benzene rings is 1. The standard InChI is InChI=1S/C13H18BrFN2.ClH/c1-17(13(7-16)9-2-3-9)8-10-4-5-11(15)6-12(10)14;/h4-6,9,13H,2-3,7-8,16H2,1H3;1H. The van der Waals surface area contributed by atoms with Crippen LogP contribution in [0.1, 0.15) is 18.4 Å². The Bertz CT molecular complexity index is 399. The first-order chi connectivity index (χ1) is 8.11. The summed E-state index contributed by atoms with van der Waals surface area (Å²) < 4.78 is 13.8. The number of nitrogens with zero attached hydrogens (tertiary/aromatic N) is 1. The molecule has 0 heterocycles. The van der Waals surface area contributed by atoms with E-state index in [0.717, 1.165) is 22.5 Å². The van der Waals surface area contributed by atoms with E-state index in [1.807, 2.05) is 6.07 Å². The summed E-state index contributed by atoms with van der Waals surface area (Å²) in [4.78, 5) is 2.27. The summed E-state index contributed by atoms with van der Waals surface area (Å²) in [5, 5.41) is 0. The summed E-state index contributed by atoms with van der Waals surface area (Å²) in [5.41, 5.74) is 6.92. The lowest BCUT2D eigenvalue weighted by atomic mass is 10.1. The highest BCUT2D eigenvalue weighted by atomic mass is 79.9. The maximum absolute atomic E-state index is 13.0. The van der Waals surface area contributed by atoms with Gasteiger partial charge in [-0.3, -0.25) is 4.90 Å². The predicted octanol–water partition coefficient (Wildman–Crippen LogP) is 3.18. The van der Waals surface area contributed by atoms with Crippen LogP contribution in [0.2, 0.25) is 0 Å². The third-order valence-electron chi connectivity index (χ3n) is 3.41. The van der Waals surface area contributed by atoms with Gasteiger partial charge in [-0.1, -0.05) is 22.0 Å². The predicted molar refractivity (Wildman–Crippen MR) is 78.4 cm³/mol. The van der Waals surface area contributed by atoms with Crippen LogP contribution in [0.5, 0.6) is 0 Å². The van der Waals surface area contributed by atoms with Gasteiger partial charge in [-0.15, -0.1) is 12.4 Å². The van der Waals surface area contributed by atoms with Crippen LogP contribution in [0.15, 0.2) is 22.7 Å². The van der Waals surface area contributed by atoms with Crippen molar-refractivity contribution in [1.82, 2.24) is 4.90 Å². The molecule has 0 aliphatic heterocycles. The highest BCUT2D eigenvalue weighted by Gasteiger charge is 2.32. The minimum Gasteiger partial charge on any atom is -0.329 e. The van der Waals surface area contributed by atoms with Gasteiger partial charge in [0, 0.05) is 23.6 Å². The molecular weight excluding hydrogens is 319 g/mol. The first-order valence-corrected chi connectivity index (χ1v) is 6.75. The first-order valence-electron chi connectivity index (χ1n) is 5.96. The quantitative estimate of drug-likeness (QED) is 0.894. The Morgan fingerprint density at radius 2 is 2.17 bits per heavy atom. The summed E-state index contributed by atoms with van der Waals surface area (Å²) in [6.45, 7) is 1.50. The van der Waals surface area contributed by atoms with Gasteiger partial charge in [0.2, 0.25) is 0 Å². The topological polar surface area (TPSA) is 29.3 Å². The number of hydrogen-bond donors (Lipinski definition) is 1. The second-order valence-electron chi connectivity index (χ2n) is 4.79. The molecule has 1 aliphatic rings. The average Bonchev–Trinajstić information content (AvgIpc) is 3.08. The highest BCUT2D eigenvalue weighted by molar-refractivity contribution is 9.10. The van der Waals surface area contributed by atoms with Gasteiger partial charge in [0.05, 0.1) is 0 Å². The molecule has 0 spiro atoms. The molecule has 0 bridgehead atoms. The number of nitrogens with two attached hydrogens (primary N) is 1. The molecular formula is C13H19BrClFN2. The van der Waals surface area contributed by atoms with Crippen molar-refractivity contribution in [2.24, 2.45) is 11.7 Å². The Morgan fingerprint density at radius 3 is 2.67 bits per heavy atom. The summed E-state index contributed by atoms with van der Waals surface area (Å²) in [5.74, 6) is 0.546. The SMILES string of the molecule is CN(Cc1ccc(F)cc1Br)C(CN)C1CC1.Cl. The van der Waals surface area contributed by atoms with Gasteiger partial charge in [-0.05, 0) is 43.5 Å². The molecule has 2 nitrogen and oxygen atoms in total. The largest absolute Gasteiger partial charge is 0.329 e. The van der Waals surface area contributed by atoms with E-state index in [1.54, 1.807) is 0 Å². The van der Waals surface area contributed by atoms with Crippen molar-refractivity contribution >= 4 is 28.3 Å². The van der Waals surface area contributed by atoms with Gasteiger partial charge in [-0.2, -0.15) is 0 Å². The second kappa shape index (κ2) is 6.85. The average molecular weight is 338 g/mol. The van der Waals surface area contributed by atoms with Crippen molar-refractivity contribution < 1.29 is 4.39 Å². The summed E-state index contributed by atoms with van der Waals surface area (Å²) in [6.07, 6.45) is 2.58. The summed E-state index contributed by atoms with van der Waals surface area (Å²) in [7, 11) is 2.09. The Kier molecular flexibility index (Phi) is 6.05. The Labute approximate surface area is 122 Å². The molecule has 1 aromatic rings. The van der Waals surface area contributed by atoms with Crippen molar-refractivity contribution in [3.63, 3.8) is 0 Å². The van der Waals surface area contributed by atoms with Crippen molar-refractivity contribution in [3.8, 4) is 0 Å². The number of rotatable bonds is 5. The van der Waals surface area contributed by atoms with Gasteiger partial charge in [0.25, 0.3) is 0 Å². The maximum Gasteiger partial charge on any atom is 0.124 e. The summed E-state index contributed by atoms with van der Waals surface area (Å²) in [6, 6.07) is 5.29. The Morgan fingerprint density at radius 1 is 1.50 bits per heavy atom. The van der Waals surface area contributed by atoms with E-state index in [-0.39, 0.29) is 18.2 Å². The number of likely N-dealkylation sites (N-methyl/N-ethyl adjacent to an activating group) is 1. The fourth-order valence-electron chi connectivity index (χ4n) is 2.25. The van der Waals surface area contributed by atoms with Crippen LogP contribution < -0.4 is 5.73 Å². The fourth-order valence-corrected chi connectivity index (χ4v) is 2.73. The second-order valence-corrected chi connectivity index (χ2v) is 5.65. The molecule has 1 aliphatic carbocycles. The van der Waals surface area contributed by atoms with E-state index in [0.29, 0.717) is 12.6 Å².